The molecule has 0 aromatic carbocycles. The van der Waals surface area contributed by atoms with Gasteiger partial charge in [-0.25, -0.2) is 0 Å². The minimum Gasteiger partial charge on any atom is -0.377 e. The zero-order chi connectivity index (χ0) is 12.2. The van der Waals surface area contributed by atoms with Crippen LogP contribution >= 0.6 is 0 Å². The molecule has 0 aromatic heterocycles. The quantitative estimate of drug-likeness (QED) is 0.798. The molecule has 96 valence electrons. The number of hydrogen-bond acceptors (Lipinski definition) is 2. The van der Waals surface area contributed by atoms with Crippen molar-refractivity contribution in [3.8, 4) is 0 Å². The second-order valence-corrected chi connectivity index (χ2v) is 6.09. The van der Waals surface area contributed by atoms with E-state index in [-0.39, 0.29) is 0 Å². The standard InChI is InChI=1S/C14H29NO/c1-6-8-12-11(7-2)15-13(9-10-16-12)14(3,4)5/h11-13,15H,6-10H2,1-5H3. The van der Waals surface area contributed by atoms with E-state index in [1.807, 2.05) is 0 Å². The molecule has 1 aliphatic heterocycles. The second-order valence-electron chi connectivity index (χ2n) is 6.09. The molecule has 0 bridgehead atoms. The van der Waals surface area contributed by atoms with Gasteiger partial charge in [-0.2, -0.15) is 0 Å². The van der Waals surface area contributed by atoms with E-state index in [0.29, 0.717) is 23.6 Å². The highest BCUT2D eigenvalue weighted by Gasteiger charge is 2.32. The summed E-state index contributed by atoms with van der Waals surface area (Å²) in [5, 5.41) is 3.82. The minimum absolute atomic E-state index is 0.331. The molecular weight excluding hydrogens is 198 g/mol. The van der Waals surface area contributed by atoms with Gasteiger partial charge in [0.2, 0.25) is 0 Å². The molecule has 3 atom stereocenters. The topological polar surface area (TPSA) is 21.3 Å². The summed E-state index contributed by atoms with van der Waals surface area (Å²) in [7, 11) is 0. The predicted molar refractivity (Wildman–Crippen MR) is 69.7 cm³/mol. The molecule has 1 heterocycles. The Morgan fingerprint density at radius 3 is 2.44 bits per heavy atom. The molecule has 1 fully saturated rings. The highest BCUT2D eigenvalue weighted by atomic mass is 16.5. The van der Waals surface area contributed by atoms with Gasteiger partial charge in [0, 0.05) is 18.7 Å². The van der Waals surface area contributed by atoms with E-state index in [0.717, 1.165) is 19.4 Å². The van der Waals surface area contributed by atoms with Crippen molar-refractivity contribution >= 4 is 0 Å². The molecule has 0 radical (unpaired) electrons. The molecule has 1 rings (SSSR count). The lowest BCUT2D eigenvalue weighted by molar-refractivity contribution is 0.0357. The Morgan fingerprint density at radius 2 is 1.94 bits per heavy atom. The van der Waals surface area contributed by atoms with E-state index >= 15 is 0 Å². The van der Waals surface area contributed by atoms with Gasteiger partial charge in [0.05, 0.1) is 6.10 Å². The van der Waals surface area contributed by atoms with Crippen molar-refractivity contribution < 1.29 is 4.74 Å². The van der Waals surface area contributed by atoms with Gasteiger partial charge in [-0.3, -0.25) is 0 Å². The summed E-state index contributed by atoms with van der Waals surface area (Å²) in [4.78, 5) is 0. The Morgan fingerprint density at radius 1 is 1.25 bits per heavy atom. The Labute approximate surface area is 101 Å². The van der Waals surface area contributed by atoms with E-state index in [2.05, 4.69) is 39.9 Å². The van der Waals surface area contributed by atoms with Crippen LogP contribution in [0, 0.1) is 5.41 Å². The van der Waals surface area contributed by atoms with Crippen molar-refractivity contribution in [2.45, 2.75) is 78.5 Å². The first-order valence-corrected chi connectivity index (χ1v) is 6.86. The molecular formula is C14H29NO. The van der Waals surface area contributed by atoms with Crippen LogP contribution in [0.5, 0.6) is 0 Å². The molecule has 0 aromatic rings. The highest BCUT2D eigenvalue weighted by Crippen LogP contribution is 2.26. The van der Waals surface area contributed by atoms with Crippen LogP contribution in [0.15, 0.2) is 0 Å². The third-order valence-corrected chi connectivity index (χ3v) is 3.66. The number of rotatable bonds is 3. The number of hydrogen-bond donors (Lipinski definition) is 1. The van der Waals surface area contributed by atoms with Gasteiger partial charge in [-0.15, -0.1) is 0 Å². The Hall–Kier alpha value is -0.0800. The van der Waals surface area contributed by atoms with E-state index < -0.39 is 0 Å². The van der Waals surface area contributed by atoms with E-state index in [9.17, 15) is 0 Å². The average molecular weight is 227 g/mol. The fraction of sp³-hybridized carbons (Fsp3) is 1.00. The van der Waals surface area contributed by atoms with Crippen LogP contribution in [-0.4, -0.2) is 24.8 Å². The predicted octanol–water partition coefficient (Wildman–Crippen LogP) is 3.36. The molecule has 3 unspecified atom stereocenters. The summed E-state index contributed by atoms with van der Waals surface area (Å²) in [5.74, 6) is 0. The van der Waals surface area contributed by atoms with Crippen LogP contribution in [-0.2, 0) is 4.74 Å². The van der Waals surface area contributed by atoms with Crippen molar-refractivity contribution in [1.82, 2.24) is 5.32 Å². The van der Waals surface area contributed by atoms with E-state index in [4.69, 9.17) is 4.74 Å². The summed E-state index contributed by atoms with van der Waals surface area (Å²) in [6, 6.07) is 1.12. The summed E-state index contributed by atoms with van der Waals surface area (Å²) in [6.45, 7) is 12.4. The normalized spacial score (nSPS) is 32.4. The van der Waals surface area contributed by atoms with Gasteiger partial charge >= 0.3 is 0 Å². The first-order valence-electron chi connectivity index (χ1n) is 6.86. The van der Waals surface area contributed by atoms with Gasteiger partial charge in [0.1, 0.15) is 0 Å². The zero-order valence-corrected chi connectivity index (χ0v) is 11.7. The fourth-order valence-electron chi connectivity index (χ4n) is 2.54. The highest BCUT2D eigenvalue weighted by molar-refractivity contribution is 4.89. The maximum absolute atomic E-state index is 6.01. The monoisotopic (exact) mass is 227 g/mol. The second kappa shape index (κ2) is 6.02. The van der Waals surface area contributed by atoms with Crippen LogP contribution in [0.3, 0.4) is 0 Å². The Balaban J connectivity index is 2.65. The van der Waals surface area contributed by atoms with Crippen LogP contribution in [0.4, 0.5) is 0 Å². The lowest BCUT2D eigenvalue weighted by Crippen LogP contribution is -2.48. The molecule has 2 heteroatoms. The molecule has 16 heavy (non-hydrogen) atoms. The van der Waals surface area contributed by atoms with Crippen molar-refractivity contribution in [2.24, 2.45) is 5.41 Å². The minimum atomic E-state index is 0.331. The molecule has 0 saturated carbocycles. The summed E-state index contributed by atoms with van der Waals surface area (Å²) in [6.07, 6.45) is 5.12. The van der Waals surface area contributed by atoms with Gasteiger partial charge < -0.3 is 10.1 Å². The maximum Gasteiger partial charge on any atom is 0.0727 e. The largest absolute Gasteiger partial charge is 0.377 e. The third-order valence-electron chi connectivity index (χ3n) is 3.66. The summed E-state index contributed by atoms with van der Waals surface area (Å²) >= 11 is 0. The summed E-state index contributed by atoms with van der Waals surface area (Å²) in [5.41, 5.74) is 0.331. The fourth-order valence-corrected chi connectivity index (χ4v) is 2.54. The lowest BCUT2D eigenvalue weighted by Gasteiger charge is -2.34. The zero-order valence-electron chi connectivity index (χ0n) is 11.7. The van der Waals surface area contributed by atoms with Gasteiger partial charge in [-0.05, 0) is 24.7 Å². The smallest absolute Gasteiger partial charge is 0.0727 e. The van der Waals surface area contributed by atoms with Crippen LogP contribution in [0.1, 0.15) is 60.3 Å². The lowest BCUT2D eigenvalue weighted by atomic mass is 9.84. The average Bonchev–Trinajstić information content (AvgIpc) is 2.40. The van der Waals surface area contributed by atoms with Gasteiger partial charge in [0.25, 0.3) is 0 Å². The summed E-state index contributed by atoms with van der Waals surface area (Å²) < 4.78 is 6.01. The van der Waals surface area contributed by atoms with Gasteiger partial charge in [-0.1, -0.05) is 41.0 Å². The van der Waals surface area contributed by atoms with E-state index in [1.54, 1.807) is 0 Å². The molecule has 2 nitrogen and oxygen atoms in total. The van der Waals surface area contributed by atoms with Gasteiger partial charge in [0.15, 0.2) is 0 Å². The van der Waals surface area contributed by atoms with Crippen molar-refractivity contribution in [1.29, 1.82) is 0 Å². The number of ether oxygens (including phenoxy) is 1. The Bertz CT molecular complexity index is 197. The van der Waals surface area contributed by atoms with Crippen LogP contribution in [0.2, 0.25) is 0 Å². The molecule has 1 saturated heterocycles. The Kier molecular flexibility index (Phi) is 5.26. The van der Waals surface area contributed by atoms with E-state index in [1.165, 1.54) is 12.8 Å². The SMILES string of the molecule is CCCC1OCCC(C(C)(C)C)NC1CC. The molecule has 0 aliphatic carbocycles. The van der Waals surface area contributed by atoms with Crippen LogP contribution in [0.25, 0.3) is 0 Å². The van der Waals surface area contributed by atoms with Crippen molar-refractivity contribution in [2.75, 3.05) is 6.61 Å². The number of nitrogens with one attached hydrogen (secondary N) is 1. The molecule has 0 spiro atoms. The maximum atomic E-state index is 6.01. The molecule has 1 N–H and O–H groups in total. The van der Waals surface area contributed by atoms with Crippen LogP contribution < -0.4 is 5.32 Å². The van der Waals surface area contributed by atoms with Crippen molar-refractivity contribution in [3.05, 3.63) is 0 Å². The first-order chi connectivity index (χ1) is 7.49. The van der Waals surface area contributed by atoms with Crippen molar-refractivity contribution in [3.63, 3.8) is 0 Å². The molecule has 0 amide bonds. The third kappa shape index (κ3) is 3.74. The first kappa shape index (κ1) is 14.0. The molecule has 1 aliphatic rings.